The van der Waals surface area contributed by atoms with Crippen molar-refractivity contribution in [2.45, 2.75) is 39.3 Å². The second-order valence-corrected chi connectivity index (χ2v) is 6.83. The molecule has 2 rings (SSSR count). The molecule has 0 aliphatic rings. The van der Waals surface area contributed by atoms with Crippen molar-refractivity contribution in [1.82, 2.24) is 20.6 Å². The van der Waals surface area contributed by atoms with E-state index in [1.54, 1.807) is 32.9 Å². The highest BCUT2D eigenvalue weighted by atomic mass is 19.1. The first-order valence-electron chi connectivity index (χ1n) is 8.54. The van der Waals surface area contributed by atoms with Crippen LogP contribution in [0.2, 0.25) is 0 Å². The molecule has 144 valence electrons. The van der Waals surface area contributed by atoms with E-state index in [0.29, 0.717) is 24.2 Å². The summed E-state index contributed by atoms with van der Waals surface area (Å²) in [5, 5.41) is 5.26. The number of carbonyl (C=O) groups is 2. The van der Waals surface area contributed by atoms with Crippen molar-refractivity contribution in [2.75, 3.05) is 6.54 Å². The van der Waals surface area contributed by atoms with Gasteiger partial charge in [-0.15, -0.1) is 0 Å². The summed E-state index contributed by atoms with van der Waals surface area (Å²) < 4.78 is 18.7. The maximum Gasteiger partial charge on any atom is 0.407 e. The van der Waals surface area contributed by atoms with Crippen molar-refractivity contribution < 1.29 is 18.7 Å². The topological polar surface area (TPSA) is 93.2 Å². The summed E-state index contributed by atoms with van der Waals surface area (Å²) in [6, 6.07) is 5.97. The van der Waals surface area contributed by atoms with Crippen molar-refractivity contribution >= 4 is 12.0 Å². The number of hydrogen-bond donors (Lipinski definition) is 2. The molecule has 0 fully saturated rings. The number of nitrogens with one attached hydrogen (secondary N) is 2. The van der Waals surface area contributed by atoms with Gasteiger partial charge in [-0.3, -0.25) is 14.8 Å². The van der Waals surface area contributed by atoms with Crippen LogP contribution in [0.15, 0.2) is 36.7 Å². The van der Waals surface area contributed by atoms with Crippen LogP contribution in [0.3, 0.4) is 0 Å². The number of aromatic nitrogens is 2. The molecule has 0 aromatic carbocycles. The molecule has 0 aliphatic heterocycles. The van der Waals surface area contributed by atoms with Crippen LogP contribution >= 0.6 is 0 Å². The van der Waals surface area contributed by atoms with E-state index in [4.69, 9.17) is 4.74 Å². The number of carbonyl (C=O) groups excluding carboxylic acids is 2. The Balaban J connectivity index is 1.86. The Kier molecular flexibility index (Phi) is 6.81. The fourth-order valence-corrected chi connectivity index (χ4v) is 2.18. The van der Waals surface area contributed by atoms with Crippen molar-refractivity contribution in [2.24, 2.45) is 0 Å². The third kappa shape index (κ3) is 7.01. The van der Waals surface area contributed by atoms with E-state index in [1.165, 1.54) is 24.5 Å². The standard InChI is InChI=1S/C19H23FN4O3/c1-19(2,3)27-18(26)23-10-7-14-11-13(6-9-21-14)17(25)24-12-16-15(20)5-4-8-22-16/h4-6,8-9,11H,7,10,12H2,1-3H3,(H,23,26)(H,24,25). The predicted octanol–water partition coefficient (Wildman–Crippen LogP) is 2.61. The Bertz CT molecular complexity index is 806. The lowest BCUT2D eigenvalue weighted by Gasteiger charge is -2.19. The molecule has 2 N–H and O–H groups in total. The van der Waals surface area contributed by atoms with Crippen LogP contribution in [-0.4, -0.2) is 34.1 Å². The molecule has 0 bridgehead atoms. The van der Waals surface area contributed by atoms with Gasteiger partial charge < -0.3 is 15.4 Å². The van der Waals surface area contributed by atoms with Crippen LogP contribution in [0.5, 0.6) is 0 Å². The second-order valence-electron chi connectivity index (χ2n) is 6.83. The van der Waals surface area contributed by atoms with Crippen LogP contribution in [0.25, 0.3) is 0 Å². The van der Waals surface area contributed by atoms with Gasteiger partial charge in [0.1, 0.15) is 11.4 Å². The molecule has 0 saturated carbocycles. The predicted molar refractivity (Wildman–Crippen MR) is 97.5 cm³/mol. The lowest BCUT2D eigenvalue weighted by atomic mass is 10.2. The average Bonchev–Trinajstić information content (AvgIpc) is 2.59. The van der Waals surface area contributed by atoms with Gasteiger partial charge in [-0.05, 0) is 45.0 Å². The molecular formula is C19H23FN4O3. The smallest absolute Gasteiger partial charge is 0.407 e. The van der Waals surface area contributed by atoms with E-state index < -0.39 is 17.5 Å². The molecule has 2 aromatic rings. The average molecular weight is 374 g/mol. The third-order valence-corrected chi connectivity index (χ3v) is 3.38. The molecule has 0 unspecified atom stereocenters. The van der Waals surface area contributed by atoms with Crippen molar-refractivity contribution in [1.29, 1.82) is 0 Å². The first kappa shape index (κ1) is 20.3. The molecule has 0 saturated heterocycles. The molecule has 2 amide bonds. The summed E-state index contributed by atoms with van der Waals surface area (Å²) in [5.74, 6) is -0.828. The zero-order valence-corrected chi connectivity index (χ0v) is 15.6. The minimum absolute atomic E-state index is 0.0106. The molecule has 2 aromatic heterocycles. The molecule has 0 spiro atoms. The number of nitrogens with zero attached hydrogens (tertiary/aromatic N) is 2. The van der Waals surface area contributed by atoms with Gasteiger partial charge in [-0.2, -0.15) is 0 Å². The number of halogens is 1. The normalized spacial score (nSPS) is 11.0. The van der Waals surface area contributed by atoms with Gasteiger partial charge in [-0.1, -0.05) is 0 Å². The van der Waals surface area contributed by atoms with Gasteiger partial charge in [0.05, 0.1) is 12.2 Å². The van der Waals surface area contributed by atoms with Crippen LogP contribution < -0.4 is 10.6 Å². The highest BCUT2D eigenvalue weighted by Crippen LogP contribution is 2.07. The number of ether oxygens (including phenoxy) is 1. The van der Waals surface area contributed by atoms with Gasteiger partial charge in [0, 0.05) is 36.6 Å². The van der Waals surface area contributed by atoms with E-state index in [2.05, 4.69) is 20.6 Å². The molecule has 0 atom stereocenters. The van der Waals surface area contributed by atoms with Gasteiger partial charge in [-0.25, -0.2) is 9.18 Å². The third-order valence-electron chi connectivity index (χ3n) is 3.38. The van der Waals surface area contributed by atoms with Crippen LogP contribution in [0, 0.1) is 5.82 Å². The van der Waals surface area contributed by atoms with Gasteiger partial charge in [0.2, 0.25) is 0 Å². The van der Waals surface area contributed by atoms with Crippen LogP contribution in [0.1, 0.15) is 42.5 Å². The zero-order valence-electron chi connectivity index (χ0n) is 15.6. The second kappa shape index (κ2) is 9.07. The first-order valence-corrected chi connectivity index (χ1v) is 8.54. The lowest BCUT2D eigenvalue weighted by molar-refractivity contribution is 0.0528. The number of amides is 2. The van der Waals surface area contributed by atoms with Gasteiger partial charge in [0.25, 0.3) is 5.91 Å². The van der Waals surface area contributed by atoms with E-state index in [9.17, 15) is 14.0 Å². The summed E-state index contributed by atoms with van der Waals surface area (Å²) in [7, 11) is 0. The van der Waals surface area contributed by atoms with E-state index in [1.807, 2.05) is 0 Å². The fourth-order valence-electron chi connectivity index (χ4n) is 2.18. The minimum atomic E-state index is -0.562. The highest BCUT2D eigenvalue weighted by molar-refractivity contribution is 5.94. The van der Waals surface area contributed by atoms with Gasteiger partial charge >= 0.3 is 6.09 Å². The summed E-state index contributed by atoms with van der Waals surface area (Å²) >= 11 is 0. The molecule has 2 heterocycles. The Hall–Kier alpha value is -3.03. The molecule has 8 heteroatoms. The monoisotopic (exact) mass is 374 g/mol. The number of hydrogen-bond acceptors (Lipinski definition) is 5. The Morgan fingerprint density at radius 2 is 1.93 bits per heavy atom. The summed E-state index contributed by atoms with van der Waals surface area (Å²) in [4.78, 5) is 31.9. The molecule has 0 aliphatic carbocycles. The Labute approximate surface area is 157 Å². The summed E-state index contributed by atoms with van der Waals surface area (Å²) in [6.45, 7) is 5.67. The van der Waals surface area contributed by atoms with Crippen molar-refractivity contribution in [3.63, 3.8) is 0 Å². The Morgan fingerprint density at radius 1 is 1.15 bits per heavy atom. The first-order chi connectivity index (χ1) is 12.7. The van der Waals surface area contributed by atoms with Crippen molar-refractivity contribution in [3.05, 3.63) is 59.4 Å². The quantitative estimate of drug-likeness (QED) is 0.811. The maximum absolute atomic E-state index is 13.5. The SMILES string of the molecule is CC(C)(C)OC(=O)NCCc1cc(C(=O)NCc2ncccc2F)ccn1. The van der Waals surface area contributed by atoms with Crippen LogP contribution in [-0.2, 0) is 17.7 Å². The maximum atomic E-state index is 13.5. The zero-order chi connectivity index (χ0) is 19.9. The molecule has 7 nitrogen and oxygen atoms in total. The fraction of sp³-hybridized carbons (Fsp3) is 0.368. The minimum Gasteiger partial charge on any atom is -0.444 e. The Morgan fingerprint density at radius 3 is 2.63 bits per heavy atom. The molecule has 27 heavy (non-hydrogen) atoms. The number of alkyl carbamates (subject to hydrolysis) is 1. The number of pyridine rings is 2. The molecular weight excluding hydrogens is 351 g/mol. The lowest BCUT2D eigenvalue weighted by Crippen LogP contribution is -2.33. The van der Waals surface area contributed by atoms with E-state index in [-0.39, 0.29) is 18.1 Å². The summed E-state index contributed by atoms with van der Waals surface area (Å²) in [6.07, 6.45) is 2.91. The van der Waals surface area contributed by atoms with Crippen molar-refractivity contribution in [3.8, 4) is 0 Å². The van der Waals surface area contributed by atoms with Gasteiger partial charge in [0.15, 0.2) is 0 Å². The summed E-state index contributed by atoms with van der Waals surface area (Å²) in [5.41, 5.74) is 0.644. The number of rotatable bonds is 6. The van der Waals surface area contributed by atoms with E-state index >= 15 is 0 Å². The van der Waals surface area contributed by atoms with E-state index in [0.717, 1.165) is 0 Å². The molecule has 0 radical (unpaired) electrons. The highest BCUT2D eigenvalue weighted by Gasteiger charge is 2.15. The van der Waals surface area contributed by atoms with Crippen LogP contribution in [0.4, 0.5) is 9.18 Å². The largest absolute Gasteiger partial charge is 0.444 e.